The number of thiocarbonyl (C=S) groups is 1. The molecule has 2 fully saturated rings. The lowest BCUT2D eigenvalue weighted by Crippen LogP contribution is -2.40. The standard InChI is InChI=1S/C20H34N6S/c1-14(2)21-20(27)24-19-22-17(25-8-6-5-7-9-25)11-18(23-19)26-12-15(3)10-16(4)13-26/h11,14-16H,5-10,12-13H2,1-4H3,(H2,21,22,23,24,27)/t15-,16-/m0/s1. The lowest BCUT2D eigenvalue weighted by molar-refractivity contribution is 0.355. The van der Waals surface area contributed by atoms with Crippen molar-refractivity contribution in [1.29, 1.82) is 0 Å². The fraction of sp³-hybridized carbons (Fsp3) is 0.750. The van der Waals surface area contributed by atoms with Crippen molar-refractivity contribution in [3.8, 4) is 0 Å². The molecule has 2 saturated heterocycles. The lowest BCUT2D eigenvalue weighted by Gasteiger charge is -2.36. The summed E-state index contributed by atoms with van der Waals surface area (Å²) in [6.07, 6.45) is 5.05. The average molecular weight is 391 g/mol. The Labute approximate surface area is 169 Å². The second kappa shape index (κ2) is 9.04. The molecule has 2 N–H and O–H groups in total. The first-order valence-corrected chi connectivity index (χ1v) is 10.8. The van der Waals surface area contributed by atoms with Crippen LogP contribution < -0.4 is 20.4 Å². The Morgan fingerprint density at radius 3 is 2.22 bits per heavy atom. The van der Waals surface area contributed by atoms with Crippen LogP contribution in [-0.2, 0) is 0 Å². The van der Waals surface area contributed by atoms with Gasteiger partial charge in [0.1, 0.15) is 11.6 Å². The van der Waals surface area contributed by atoms with Crippen molar-refractivity contribution in [3.63, 3.8) is 0 Å². The highest BCUT2D eigenvalue weighted by atomic mass is 32.1. The Morgan fingerprint density at radius 1 is 1.04 bits per heavy atom. The van der Waals surface area contributed by atoms with Crippen LogP contribution in [0.3, 0.4) is 0 Å². The Bertz CT molecular complexity index is 633. The van der Waals surface area contributed by atoms with E-state index in [0.29, 0.717) is 22.9 Å². The zero-order chi connectivity index (χ0) is 19.4. The average Bonchev–Trinajstić information content (AvgIpc) is 2.60. The first kappa shape index (κ1) is 20.1. The Morgan fingerprint density at radius 2 is 1.63 bits per heavy atom. The Hall–Kier alpha value is -1.63. The molecule has 3 heterocycles. The van der Waals surface area contributed by atoms with Crippen molar-refractivity contribution in [2.45, 2.75) is 59.4 Å². The predicted octanol–water partition coefficient (Wildman–Crippen LogP) is 3.64. The summed E-state index contributed by atoms with van der Waals surface area (Å²) in [6, 6.07) is 2.44. The van der Waals surface area contributed by atoms with E-state index in [-0.39, 0.29) is 6.04 Å². The molecule has 0 unspecified atom stereocenters. The number of piperidine rings is 2. The molecule has 6 nitrogen and oxygen atoms in total. The number of nitrogens with zero attached hydrogens (tertiary/aromatic N) is 4. The normalized spacial score (nSPS) is 23.4. The Kier molecular flexibility index (Phi) is 6.73. The summed E-state index contributed by atoms with van der Waals surface area (Å²) in [5, 5.41) is 6.99. The van der Waals surface area contributed by atoms with E-state index < -0.39 is 0 Å². The van der Waals surface area contributed by atoms with E-state index in [2.05, 4.69) is 54.2 Å². The highest BCUT2D eigenvalue weighted by Crippen LogP contribution is 2.29. The zero-order valence-corrected chi connectivity index (χ0v) is 18.0. The molecule has 150 valence electrons. The van der Waals surface area contributed by atoms with Crippen LogP contribution in [0.5, 0.6) is 0 Å². The first-order chi connectivity index (χ1) is 12.9. The minimum Gasteiger partial charge on any atom is -0.360 e. The molecule has 1 aromatic heterocycles. The van der Waals surface area contributed by atoms with Crippen LogP contribution in [0.1, 0.15) is 53.4 Å². The van der Waals surface area contributed by atoms with Gasteiger partial charge in [0.25, 0.3) is 0 Å². The smallest absolute Gasteiger partial charge is 0.232 e. The molecular formula is C20H34N6S. The molecule has 2 aliphatic rings. The van der Waals surface area contributed by atoms with Gasteiger partial charge in [0.05, 0.1) is 0 Å². The molecule has 0 spiro atoms. The maximum Gasteiger partial charge on any atom is 0.232 e. The van der Waals surface area contributed by atoms with Crippen LogP contribution >= 0.6 is 12.2 Å². The minimum absolute atomic E-state index is 0.276. The third-order valence-corrected chi connectivity index (χ3v) is 5.44. The first-order valence-electron chi connectivity index (χ1n) is 10.4. The van der Waals surface area contributed by atoms with Gasteiger partial charge in [-0.3, -0.25) is 0 Å². The molecule has 3 rings (SSSR count). The van der Waals surface area contributed by atoms with Gasteiger partial charge >= 0.3 is 0 Å². The number of rotatable bonds is 4. The summed E-state index contributed by atoms with van der Waals surface area (Å²) in [5.41, 5.74) is 0. The van der Waals surface area contributed by atoms with Gasteiger partial charge in [-0.2, -0.15) is 9.97 Å². The van der Waals surface area contributed by atoms with Crippen molar-refractivity contribution in [2.24, 2.45) is 11.8 Å². The van der Waals surface area contributed by atoms with Crippen LogP contribution in [0.25, 0.3) is 0 Å². The van der Waals surface area contributed by atoms with Crippen LogP contribution in [-0.4, -0.2) is 47.3 Å². The highest BCUT2D eigenvalue weighted by Gasteiger charge is 2.25. The molecule has 2 aliphatic heterocycles. The fourth-order valence-electron chi connectivity index (χ4n) is 4.17. The van der Waals surface area contributed by atoms with Gasteiger partial charge in [-0.1, -0.05) is 13.8 Å². The summed E-state index contributed by atoms with van der Waals surface area (Å²) in [5.74, 6) is 3.99. The molecule has 7 heteroatoms. The number of hydrogen-bond acceptors (Lipinski definition) is 5. The topological polar surface area (TPSA) is 56.3 Å². The van der Waals surface area contributed by atoms with Crippen molar-refractivity contribution in [1.82, 2.24) is 15.3 Å². The van der Waals surface area contributed by atoms with E-state index in [1.807, 2.05) is 0 Å². The van der Waals surface area contributed by atoms with E-state index in [4.69, 9.17) is 22.2 Å². The second-order valence-corrected chi connectivity index (χ2v) is 8.97. The molecule has 0 aliphatic carbocycles. The van der Waals surface area contributed by atoms with Gasteiger partial charge in [-0.05, 0) is 63.6 Å². The summed E-state index contributed by atoms with van der Waals surface area (Å²) < 4.78 is 0. The van der Waals surface area contributed by atoms with Crippen molar-refractivity contribution in [3.05, 3.63) is 6.07 Å². The van der Waals surface area contributed by atoms with Gasteiger partial charge in [0.2, 0.25) is 5.95 Å². The van der Waals surface area contributed by atoms with Gasteiger partial charge in [-0.15, -0.1) is 0 Å². The van der Waals surface area contributed by atoms with E-state index in [1.54, 1.807) is 0 Å². The van der Waals surface area contributed by atoms with E-state index in [1.165, 1.54) is 25.7 Å². The monoisotopic (exact) mass is 390 g/mol. The lowest BCUT2D eigenvalue weighted by atomic mass is 9.92. The quantitative estimate of drug-likeness (QED) is 0.761. The zero-order valence-electron chi connectivity index (χ0n) is 17.2. The van der Waals surface area contributed by atoms with Gasteiger partial charge < -0.3 is 20.4 Å². The largest absolute Gasteiger partial charge is 0.360 e. The van der Waals surface area contributed by atoms with Crippen LogP contribution in [0.15, 0.2) is 6.07 Å². The molecule has 0 radical (unpaired) electrons. The molecule has 0 aromatic carbocycles. The number of hydrogen-bond donors (Lipinski definition) is 2. The summed E-state index contributed by atoms with van der Waals surface area (Å²) in [7, 11) is 0. The number of anilines is 3. The molecule has 1 aromatic rings. The van der Waals surface area contributed by atoms with Crippen LogP contribution in [0.4, 0.5) is 17.6 Å². The van der Waals surface area contributed by atoms with Gasteiger partial charge in [0.15, 0.2) is 5.11 Å². The second-order valence-electron chi connectivity index (χ2n) is 8.56. The molecular weight excluding hydrogens is 356 g/mol. The third kappa shape index (κ3) is 5.67. The molecule has 27 heavy (non-hydrogen) atoms. The summed E-state index contributed by atoms with van der Waals surface area (Å²) in [6.45, 7) is 13.0. The predicted molar refractivity (Wildman–Crippen MR) is 118 cm³/mol. The van der Waals surface area contributed by atoms with Crippen molar-refractivity contribution < 1.29 is 0 Å². The molecule has 0 amide bonds. The minimum atomic E-state index is 0.276. The van der Waals surface area contributed by atoms with E-state index in [0.717, 1.165) is 37.8 Å². The summed E-state index contributed by atoms with van der Waals surface area (Å²) >= 11 is 5.42. The maximum absolute atomic E-state index is 5.42. The van der Waals surface area contributed by atoms with Crippen molar-refractivity contribution in [2.75, 3.05) is 41.3 Å². The van der Waals surface area contributed by atoms with Crippen LogP contribution in [0.2, 0.25) is 0 Å². The summed E-state index contributed by atoms with van der Waals surface area (Å²) in [4.78, 5) is 14.4. The molecule has 2 atom stereocenters. The Balaban J connectivity index is 1.86. The van der Waals surface area contributed by atoms with Crippen LogP contribution in [0, 0.1) is 11.8 Å². The highest BCUT2D eigenvalue weighted by molar-refractivity contribution is 7.80. The fourth-order valence-corrected chi connectivity index (χ4v) is 4.50. The van der Waals surface area contributed by atoms with E-state index >= 15 is 0 Å². The number of aromatic nitrogens is 2. The van der Waals surface area contributed by atoms with E-state index in [9.17, 15) is 0 Å². The third-order valence-electron chi connectivity index (χ3n) is 5.22. The SMILES string of the molecule is CC(C)NC(=S)Nc1nc(N2CCCCC2)cc(N2C[C@@H](C)C[C@H](C)C2)n1. The molecule has 0 bridgehead atoms. The van der Waals surface area contributed by atoms with Crippen molar-refractivity contribution >= 4 is 34.9 Å². The number of nitrogens with one attached hydrogen (secondary N) is 2. The van der Waals surface area contributed by atoms with Gasteiger partial charge in [-0.25, -0.2) is 0 Å². The maximum atomic E-state index is 5.42. The van der Waals surface area contributed by atoms with Gasteiger partial charge in [0, 0.05) is 38.3 Å². The molecule has 0 saturated carbocycles.